The molecule has 6 heterocycles. The van der Waals surface area contributed by atoms with Crippen LogP contribution in [0.1, 0.15) is 22.3 Å². The predicted molar refractivity (Wildman–Crippen MR) is 134 cm³/mol. The van der Waals surface area contributed by atoms with E-state index in [1.807, 2.05) is 0 Å². The van der Waals surface area contributed by atoms with Crippen LogP contribution in [0.25, 0.3) is 21.5 Å². The first kappa shape index (κ1) is 19.3. The van der Waals surface area contributed by atoms with Crippen LogP contribution < -0.4 is 9.13 Å². The molecular weight excluding hydrogens is 416 g/mol. The molecule has 2 aromatic heterocycles. The lowest BCUT2D eigenvalue weighted by Crippen LogP contribution is -2.32. The summed E-state index contributed by atoms with van der Waals surface area (Å²) in [6.07, 6.45) is 13.2. The summed E-state index contributed by atoms with van der Waals surface area (Å²) in [4.78, 5) is 0. The first-order chi connectivity index (χ1) is 16.8. The normalized spacial score (nSPS) is 13.4. The Hall–Kier alpha value is -4.18. The molecule has 4 aliphatic rings. The summed E-state index contributed by atoms with van der Waals surface area (Å²) >= 11 is 0. The van der Waals surface area contributed by atoms with E-state index < -0.39 is 0 Å². The van der Waals surface area contributed by atoms with E-state index in [1.165, 1.54) is 43.8 Å². The molecule has 0 saturated heterocycles. The summed E-state index contributed by atoms with van der Waals surface area (Å²) in [5.74, 6) is 0. The van der Waals surface area contributed by atoms with Gasteiger partial charge in [-0.05, 0) is 32.7 Å². The van der Waals surface area contributed by atoms with Gasteiger partial charge in [0.1, 0.15) is 51.0 Å². The molecule has 10 rings (SSSR count). The largest absolute Gasteiger partial charge is 0.244 e. The van der Waals surface area contributed by atoms with E-state index in [0.29, 0.717) is 0 Å². The number of hydrogen-bond acceptors (Lipinski definition) is 0. The molecule has 164 valence electrons. The van der Waals surface area contributed by atoms with Crippen LogP contribution in [0.15, 0.2) is 110 Å². The molecule has 0 radical (unpaired) electrons. The van der Waals surface area contributed by atoms with Crippen molar-refractivity contribution >= 4 is 21.5 Å². The highest BCUT2D eigenvalue weighted by Gasteiger charge is 2.18. The number of imidazole rings is 2. The number of aromatic nitrogens is 4. The van der Waals surface area contributed by atoms with E-state index in [1.54, 1.807) is 0 Å². The lowest BCUT2D eigenvalue weighted by molar-refractivity contribution is -0.688. The van der Waals surface area contributed by atoms with Gasteiger partial charge in [0.25, 0.3) is 0 Å². The maximum absolute atomic E-state index is 2.31. The van der Waals surface area contributed by atoms with Gasteiger partial charge in [0, 0.05) is 11.1 Å². The molecule has 0 amide bonds. The molecule has 0 saturated carbocycles. The molecule has 6 aromatic rings. The zero-order valence-corrected chi connectivity index (χ0v) is 19.0. The zero-order valence-electron chi connectivity index (χ0n) is 19.0. The molecule has 4 heteroatoms. The molecule has 0 fully saturated rings. The Kier molecular flexibility index (Phi) is 4.37. The van der Waals surface area contributed by atoms with Crippen molar-refractivity contribution in [2.24, 2.45) is 0 Å². The highest BCUT2D eigenvalue weighted by atomic mass is 15.1. The third-order valence-corrected chi connectivity index (χ3v) is 7.08. The van der Waals surface area contributed by atoms with Crippen LogP contribution in [0, 0.1) is 0 Å². The van der Waals surface area contributed by atoms with E-state index in [-0.39, 0.29) is 0 Å². The number of nitrogens with zero attached hydrogens (tertiary/aromatic N) is 4. The Bertz CT molecular complexity index is 1470. The van der Waals surface area contributed by atoms with Gasteiger partial charge in [-0.3, -0.25) is 0 Å². The van der Waals surface area contributed by atoms with Crippen LogP contribution in [-0.2, 0) is 26.2 Å². The average Bonchev–Trinajstić information content (AvgIpc) is 3.51. The molecule has 0 spiro atoms. The molecule has 34 heavy (non-hydrogen) atoms. The van der Waals surface area contributed by atoms with Crippen LogP contribution in [-0.4, -0.2) is 9.13 Å². The summed E-state index contributed by atoms with van der Waals surface area (Å²) in [5, 5.41) is 5.36. The SMILES string of the molecule is c1ccc2c3c4ccccc4c(c2c1)Cn1cc[n+](c1)Cc1ccc(cc1)C[n+]1ccn(c1)C3. The Morgan fingerprint density at radius 1 is 0.500 bits per heavy atom. The molecule has 8 bridgehead atoms. The van der Waals surface area contributed by atoms with Crippen molar-refractivity contribution < 1.29 is 9.13 Å². The van der Waals surface area contributed by atoms with Gasteiger partial charge in [-0.25, -0.2) is 18.3 Å². The van der Waals surface area contributed by atoms with E-state index in [0.717, 1.165) is 26.2 Å². The first-order valence-electron chi connectivity index (χ1n) is 11.9. The quantitative estimate of drug-likeness (QED) is 0.240. The van der Waals surface area contributed by atoms with Crippen LogP contribution in [0.4, 0.5) is 0 Å². The van der Waals surface area contributed by atoms with Gasteiger partial charge in [-0.1, -0.05) is 72.8 Å². The smallest absolute Gasteiger partial charge is 0.233 e. The van der Waals surface area contributed by atoms with Crippen molar-refractivity contribution in [3.05, 3.63) is 132 Å². The zero-order chi connectivity index (χ0) is 22.5. The molecule has 0 N–H and O–H groups in total. The highest BCUT2D eigenvalue weighted by molar-refractivity contribution is 6.05. The molecule has 4 aromatic carbocycles. The molecule has 0 unspecified atom stereocenters. The Balaban J connectivity index is 1.48. The van der Waals surface area contributed by atoms with Crippen molar-refractivity contribution in [1.82, 2.24) is 9.13 Å². The van der Waals surface area contributed by atoms with Crippen LogP contribution in [0.3, 0.4) is 0 Å². The van der Waals surface area contributed by atoms with Crippen molar-refractivity contribution in [1.29, 1.82) is 0 Å². The Labute approximate surface area is 198 Å². The maximum atomic E-state index is 2.31. The number of benzene rings is 4. The van der Waals surface area contributed by atoms with E-state index >= 15 is 0 Å². The standard InChI is InChI=1S/C30H26N4/c1-2-6-26-25(5-1)29-19-33-15-13-31(21-33)17-23-9-11-24(12-10-23)18-32-14-16-34(22-32)20-30(26)28-8-4-3-7-27(28)29/h1-16,21-22H,17-20H2/q+2. The second-order valence-corrected chi connectivity index (χ2v) is 9.38. The van der Waals surface area contributed by atoms with Crippen LogP contribution in [0.2, 0.25) is 0 Å². The fourth-order valence-corrected chi connectivity index (χ4v) is 5.44. The molecular formula is C30H26N4+2. The fraction of sp³-hybridized carbons (Fsp3) is 0.133. The fourth-order valence-electron chi connectivity index (χ4n) is 5.44. The lowest BCUT2D eigenvalue weighted by Gasteiger charge is -2.15. The molecule has 4 aliphatic heterocycles. The predicted octanol–water partition coefficient (Wildman–Crippen LogP) is 4.68. The van der Waals surface area contributed by atoms with Crippen molar-refractivity contribution in [3.8, 4) is 0 Å². The van der Waals surface area contributed by atoms with Gasteiger partial charge in [0.2, 0.25) is 12.7 Å². The second-order valence-electron chi connectivity index (χ2n) is 9.38. The third kappa shape index (κ3) is 3.30. The molecule has 4 nitrogen and oxygen atoms in total. The Morgan fingerprint density at radius 3 is 1.26 bits per heavy atom. The Morgan fingerprint density at radius 2 is 0.882 bits per heavy atom. The number of hydrogen-bond donors (Lipinski definition) is 0. The number of rotatable bonds is 0. The maximum Gasteiger partial charge on any atom is 0.244 e. The van der Waals surface area contributed by atoms with Crippen molar-refractivity contribution in [2.75, 3.05) is 0 Å². The average molecular weight is 443 g/mol. The van der Waals surface area contributed by atoms with E-state index in [4.69, 9.17) is 0 Å². The minimum atomic E-state index is 0.844. The summed E-state index contributed by atoms with van der Waals surface area (Å²) in [5.41, 5.74) is 5.39. The topological polar surface area (TPSA) is 17.6 Å². The van der Waals surface area contributed by atoms with Gasteiger partial charge in [-0.15, -0.1) is 0 Å². The van der Waals surface area contributed by atoms with Crippen LogP contribution in [0.5, 0.6) is 0 Å². The van der Waals surface area contributed by atoms with Gasteiger partial charge in [-0.2, -0.15) is 0 Å². The highest BCUT2D eigenvalue weighted by Crippen LogP contribution is 2.34. The van der Waals surface area contributed by atoms with Gasteiger partial charge in [0.05, 0.1) is 0 Å². The van der Waals surface area contributed by atoms with Gasteiger partial charge in [0.15, 0.2) is 0 Å². The monoisotopic (exact) mass is 442 g/mol. The minimum absolute atomic E-state index is 0.844. The summed E-state index contributed by atoms with van der Waals surface area (Å²) in [7, 11) is 0. The lowest BCUT2D eigenvalue weighted by atomic mass is 9.91. The van der Waals surface area contributed by atoms with E-state index in [9.17, 15) is 0 Å². The second kappa shape index (κ2) is 7.70. The summed E-state index contributed by atoms with van der Waals surface area (Å²) in [6, 6.07) is 26.8. The molecule has 0 aliphatic carbocycles. The van der Waals surface area contributed by atoms with Crippen molar-refractivity contribution in [2.45, 2.75) is 26.2 Å². The van der Waals surface area contributed by atoms with Gasteiger partial charge < -0.3 is 0 Å². The minimum Gasteiger partial charge on any atom is -0.233 e. The van der Waals surface area contributed by atoms with Crippen molar-refractivity contribution in [3.63, 3.8) is 0 Å². The van der Waals surface area contributed by atoms with E-state index in [2.05, 4.69) is 129 Å². The summed E-state index contributed by atoms with van der Waals surface area (Å²) < 4.78 is 9.15. The van der Waals surface area contributed by atoms with Gasteiger partial charge >= 0.3 is 0 Å². The molecule has 0 atom stereocenters. The summed E-state index contributed by atoms with van der Waals surface area (Å²) in [6.45, 7) is 3.43. The third-order valence-electron chi connectivity index (χ3n) is 7.08. The first-order valence-corrected chi connectivity index (χ1v) is 11.9. The van der Waals surface area contributed by atoms with Crippen LogP contribution >= 0.6 is 0 Å².